The number of ether oxygens (including phenoxy) is 1. The van der Waals surface area contributed by atoms with Gasteiger partial charge in [0.2, 0.25) is 0 Å². The Morgan fingerprint density at radius 3 is 3.00 bits per heavy atom. The average Bonchev–Trinajstić information content (AvgIpc) is 2.82. The quantitative estimate of drug-likeness (QED) is 0.839. The predicted molar refractivity (Wildman–Crippen MR) is 68.0 cm³/mol. The molecule has 1 unspecified atom stereocenters. The zero-order valence-corrected chi connectivity index (χ0v) is 10.6. The van der Waals surface area contributed by atoms with Crippen molar-refractivity contribution in [2.24, 2.45) is 0 Å². The third-order valence-corrected chi connectivity index (χ3v) is 3.21. The molecule has 1 aromatic carbocycles. The smallest absolute Gasteiger partial charge is 0.181 e. The normalized spacial score (nSPS) is 19.3. The van der Waals surface area contributed by atoms with E-state index in [0.717, 1.165) is 19.4 Å². The summed E-state index contributed by atoms with van der Waals surface area (Å²) in [4.78, 5) is 12.1. The van der Waals surface area contributed by atoms with Crippen molar-refractivity contribution in [1.82, 2.24) is 5.32 Å². The molecular weight excluding hydrogens is 238 g/mol. The molecule has 1 heterocycles. The summed E-state index contributed by atoms with van der Waals surface area (Å²) in [5, 5.41) is 3.65. The maximum absolute atomic E-state index is 12.1. The van der Waals surface area contributed by atoms with Crippen molar-refractivity contribution in [2.45, 2.75) is 25.8 Å². The molecule has 1 saturated heterocycles. The summed E-state index contributed by atoms with van der Waals surface area (Å²) < 4.78 is 5.34. The number of halogens is 1. The fraction of sp³-hybridized carbons (Fsp3) is 0.462. The number of Topliss-reactive ketones (excluding diaryl/α,β-unsaturated/α-hetero) is 1. The monoisotopic (exact) mass is 253 g/mol. The van der Waals surface area contributed by atoms with E-state index in [1.165, 1.54) is 0 Å². The lowest BCUT2D eigenvalue weighted by Crippen LogP contribution is -2.30. The summed E-state index contributed by atoms with van der Waals surface area (Å²) in [6.45, 7) is 3.41. The van der Waals surface area contributed by atoms with Gasteiger partial charge >= 0.3 is 0 Å². The van der Waals surface area contributed by atoms with Crippen molar-refractivity contribution < 1.29 is 9.53 Å². The minimum Gasteiger partial charge on any atom is -0.494 e. The number of rotatable bonds is 4. The van der Waals surface area contributed by atoms with E-state index in [1.807, 2.05) is 6.92 Å². The van der Waals surface area contributed by atoms with Gasteiger partial charge < -0.3 is 10.1 Å². The van der Waals surface area contributed by atoms with E-state index in [-0.39, 0.29) is 11.8 Å². The van der Waals surface area contributed by atoms with Crippen LogP contribution < -0.4 is 10.1 Å². The first kappa shape index (κ1) is 12.4. The number of carbonyl (C=O) groups excluding carboxylic acids is 1. The Kier molecular flexibility index (Phi) is 4.02. The molecule has 0 saturated carbocycles. The van der Waals surface area contributed by atoms with Crippen molar-refractivity contribution >= 4 is 17.4 Å². The second kappa shape index (κ2) is 5.52. The number of hydrogen-bond donors (Lipinski definition) is 1. The zero-order valence-electron chi connectivity index (χ0n) is 9.83. The van der Waals surface area contributed by atoms with Gasteiger partial charge in [-0.3, -0.25) is 4.79 Å². The highest BCUT2D eigenvalue weighted by atomic mass is 35.5. The second-order valence-corrected chi connectivity index (χ2v) is 4.50. The molecular formula is C13H16ClNO2. The van der Waals surface area contributed by atoms with Gasteiger partial charge in [0, 0.05) is 5.56 Å². The first-order chi connectivity index (χ1) is 8.22. The van der Waals surface area contributed by atoms with E-state index in [2.05, 4.69) is 5.32 Å². The molecule has 4 heteroatoms. The van der Waals surface area contributed by atoms with Gasteiger partial charge in [0.15, 0.2) is 5.78 Å². The van der Waals surface area contributed by atoms with Gasteiger partial charge in [-0.1, -0.05) is 11.6 Å². The molecule has 1 atom stereocenters. The molecule has 92 valence electrons. The van der Waals surface area contributed by atoms with Crippen LogP contribution in [0.2, 0.25) is 5.02 Å². The maximum atomic E-state index is 12.1. The molecule has 3 nitrogen and oxygen atoms in total. The lowest BCUT2D eigenvalue weighted by atomic mass is 10.0. The molecule has 0 bridgehead atoms. The highest BCUT2D eigenvalue weighted by Gasteiger charge is 2.24. The SMILES string of the molecule is CCOc1ccc(C(=O)C2CCCN2)c(Cl)c1. The summed E-state index contributed by atoms with van der Waals surface area (Å²) in [5.74, 6) is 0.781. The third-order valence-electron chi connectivity index (χ3n) is 2.89. The molecule has 1 aliphatic rings. The maximum Gasteiger partial charge on any atom is 0.181 e. The second-order valence-electron chi connectivity index (χ2n) is 4.09. The summed E-state index contributed by atoms with van der Waals surface area (Å²) in [5.41, 5.74) is 0.578. The Balaban J connectivity index is 2.17. The topological polar surface area (TPSA) is 38.3 Å². The number of hydrogen-bond acceptors (Lipinski definition) is 3. The minimum absolute atomic E-state index is 0.0783. The van der Waals surface area contributed by atoms with Gasteiger partial charge in [0.25, 0.3) is 0 Å². The van der Waals surface area contributed by atoms with E-state index < -0.39 is 0 Å². The van der Waals surface area contributed by atoms with Crippen LogP contribution in [0.5, 0.6) is 5.75 Å². The standard InChI is InChI=1S/C13H16ClNO2/c1-2-17-9-5-6-10(11(14)8-9)13(16)12-4-3-7-15-12/h5-6,8,12,15H,2-4,7H2,1H3. The van der Waals surface area contributed by atoms with Crippen LogP contribution in [0.25, 0.3) is 0 Å². The van der Waals surface area contributed by atoms with Gasteiger partial charge in [-0.05, 0) is 44.5 Å². The van der Waals surface area contributed by atoms with Crippen LogP contribution in [0, 0.1) is 0 Å². The first-order valence-corrected chi connectivity index (χ1v) is 6.30. The van der Waals surface area contributed by atoms with Crippen LogP contribution in [0.1, 0.15) is 30.1 Å². The van der Waals surface area contributed by atoms with E-state index in [1.54, 1.807) is 18.2 Å². The Labute approximate surface area is 106 Å². The molecule has 17 heavy (non-hydrogen) atoms. The Morgan fingerprint density at radius 2 is 2.41 bits per heavy atom. The predicted octanol–water partition coefficient (Wildman–Crippen LogP) is 2.67. The Bertz CT molecular complexity index is 414. The zero-order chi connectivity index (χ0) is 12.3. The summed E-state index contributed by atoms with van der Waals surface area (Å²) >= 11 is 6.11. The highest BCUT2D eigenvalue weighted by Crippen LogP contribution is 2.25. The van der Waals surface area contributed by atoms with Crippen LogP contribution >= 0.6 is 11.6 Å². The molecule has 1 fully saturated rings. The molecule has 0 amide bonds. The van der Waals surface area contributed by atoms with Crippen molar-refractivity contribution in [3.05, 3.63) is 28.8 Å². The summed E-state index contributed by atoms with van der Waals surface area (Å²) in [6.07, 6.45) is 1.94. The minimum atomic E-state index is -0.0783. The number of benzene rings is 1. The highest BCUT2D eigenvalue weighted by molar-refractivity contribution is 6.34. The van der Waals surface area contributed by atoms with Gasteiger partial charge in [0.05, 0.1) is 17.7 Å². The van der Waals surface area contributed by atoms with Crippen molar-refractivity contribution in [1.29, 1.82) is 0 Å². The van der Waals surface area contributed by atoms with Gasteiger partial charge in [-0.2, -0.15) is 0 Å². The van der Waals surface area contributed by atoms with Gasteiger partial charge in [-0.25, -0.2) is 0 Å². The molecule has 0 aliphatic carbocycles. The fourth-order valence-corrected chi connectivity index (χ4v) is 2.31. The molecule has 0 aromatic heterocycles. The molecule has 0 radical (unpaired) electrons. The van der Waals surface area contributed by atoms with E-state index >= 15 is 0 Å². The van der Waals surface area contributed by atoms with Crippen LogP contribution in [0.3, 0.4) is 0 Å². The molecule has 1 aliphatic heterocycles. The van der Waals surface area contributed by atoms with Crippen LogP contribution in [-0.2, 0) is 0 Å². The Hall–Kier alpha value is -1.06. The average molecular weight is 254 g/mol. The van der Waals surface area contributed by atoms with E-state index in [0.29, 0.717) is 22.9 Å². The van der Waals surface area contributed by atoms with Crippen LogP contribution in [0.15, 0.2) is 18.2 Å². The molecule has 1 N–H and O–H groups in total. The number of ketones is 1. The van der Waals surface area contributed by atoms with Crippen molar-refractivity contribution in [2.75, 3.05) is 13.2 Å². The van der Waals surface area contributed by atoms with Crippen molar-refractivity contribution in [3.8, 4) is 5.75 Å². The van der Waals surface area contributed by atoms with E-state index in [9.17, 15) is 4.79 Å². The van der Waals surface area contributed by atoms with Gasteiger partial charge in [-0.15, -0.1) is 0 Å². The largest absolute Gasteiger partial charge is 0.494 e. The first-order valence-electron chi connectivity index (χ1n) is 5.92. The van der Waals surface area contributed by atoms with E-state index in [4.69, 9.17) is 16.3 Å². The molecule has 2 rings (SSSR count). The third kappa shape index (κ3) is 2.79. The van der Waals surface area contributed by atoms with Crippen LogP contribution in [0.4, 0.5) is 0 Å². The number of carbonyl (C=O) groups is 1. The van der Waals surface area contributed by atoms with Crippen molar-refractivity contribution in [3.63, 3.8) is 0 Å². The summed E-state index contributed by atoms with van der Waals surface area (Å²) in [7, 11) is 0. The summed E-state index contributed by atoms with van der Waals surface area (Å²) in [6, 6.07) is 5.16. The lowest BCUT2D eigenvalue weighted by molar-refractivity contribution is 0.0952. The van der Waals surface area contributed by atoms with Crippen LogP contribution in [-0.4, -0.2) is 25.0 Å². The Morgan fingerprint density at radius 1 is 1.59 bits per heavy atom. The molecule has 0 spiro atoms. The molecule has 1 aromatic rings. The lowest BCUT2D eigenvalue weighted by Gasteiger charge is -2.11. The fourth-order valence-electron chi connectivity index (χ4n) is 2.05. The number of nitrogens with one attached hydrogen (secondary N) is 1. The van der Waals surface area contributed by atoms with Gasteiger partial charge in [0.1, 0.15) is 5.75 Å².